The lowest BCUT2D eigenvalue weighted by Crippen LogP contribution is -2.47. The van der Waals surface area contributed by atoms with Crippen molar-refractivity contribution in [3.05, 3.63) is 18.0 Å². The average molecular weight is 311 g/mol. The number of ether oxygens (including phenoxy) is 1. The second-order valence-corrected chi connectivity index (χ2v) is 6.44. The molecule has 0 bridgehead atoms. The van der Waals surface area contributed by atoms with Crippen molar-refractivity contribution in [2.45, 2.75) is 32.3 Å². The van der Waals surface area contributed by atoms with Gasteiger partial charge in [-0.25, -0.2) is 14.4 Å². The van der Waals surface area contributed by atoms with Crippen LogP contribution < -0.4 is 4.90 Å². The molecule has 0 radical (unpaired) electrons. The number of nitrogens with zero attached hydrogens (tertiary/aromatic N) is 4. The Morgan fingerprint density at radius 3 is 2.48 bits per heavy atom. The molecule has 0 spiro atoms. The molecule has 21 heavy (non-hydrogen) atoms. The molecular formula is C15H23ClN4O. The number of aromatic nitrogens is 2. The first kappa shape index (κ1) is 15.0. The molecule has 0 aromatic carbocycles. The highest BCUT2D eigenvalue weighted by molar-refractivity contribution is 6.13. The number of rotatable bonds is 5. The van der Waals surface area contributed by atoms with E-state index in [1.165, 1.54) is 5.56 Å². The maximum absolute atomic E-state index is 5.88. The van der Waals surface area contributed by atoms with Crippen molar-refractivity contribution in [3.63, 3.8) is 0 Å². The molecule has 0 unspecified atom stereocenters. The van der Waals surface area contributed by atoms with E-state index in [9.17, 15) is 0 Å². The standard InChI is InChI=1S/C15H23ClN4O/c1-2-12-7-17-15(18-8-12)19-5-3-13(4-6-19)11-21-14-9-20(16)10-14/h7-8,13-14H,2-6,9-11H2,1H3. The van der Waals surface area contributed by atoms with Gasteiger partial charge >= 0.3 is 0 Å². The number of halogens is 1. The first-order valence-electron chi connectivity index (χ1n) is 7.82. The topological polar surface area (TPSA) is 41.5 Å². The zero-order valence-corrected chi connectivity index (χ0v) is 13.3. The van der Waals surface area contributed by atoms with Crippen molar-refractivity contribution in [1.29, 1.82) is 0 Å². The van der Waals surface area contributed by atoms with Gasteiger partial charge in [-0.2, -0.15) is 0 Å². The van der Waals surface area contributed by atoms with Gasteiger partial charge < -0.3 is 9.64 Å². The molecule has 5 nitrogen and oxygen atoms in total. The molecule has 116 valence electrons. The number of hydrogen-bond donors (Lipinski definition) is 0. The number of aryl methyl sites for hydroxylation is 1. The lowest BCUT2D eigenvalue weighted by Gasteiger charge is -2.36. The van der Waals surface area contributed by atoms with Crippen molar-refractivity contribution >= 4 is 17.7 Å². The predicted molar refractivity (Wildman–Crippen MR) is 83.5 cm³/mol. The highest BCUT2D eigenvalue weighted by Crippen LogP contribution is 2.22. The predicted octanol–water partition coefficient (Wildman–Crippen LogP) is 2.11. The van der Waals surface area contributed by atoms with Crippen LogP contribution in [0.3, 0.4) is 0 Å². The summed E-state index contributed by atoms with van der Waals surface area (Å²) >= 11 is 5.81. The summed E-state index contributed by atoms with van der Waals surface area (Å²) in [6, 6.07) is 0. The molecule has 0 N–H and O–H groups in total. The minimum atomic E-state index is 0.338. The molecule has 2 saturated heterocycles. The molecule has 0 atom stereocenters. The minimum absolute atomic E-state index is 0.338. The molecule has 3 rings (SSSR count). The Hall–Kier alpha value is -0.910. The first-order chi connectivity index (χ1) is 10.2. The number of hydrogen-bond acceptors (Lipinski definition) is 5. The van der Waals surface area contributed by atoms with Gasteiger partial charge in [0.1, 0.15) is 0 Å². The zero-order valence-electron chi connectivity index (χ0n) is 12.5. The SMILES string of the molecule is CCc1cnc(N2CCC(COC3CN(Cl)C3)CC2)nc1. The fourth-order valence-electron chi connectivity index (χ4n) is 2.76. The Balaban J connectivity index is 1.41. The molecule has 2 fully saturated rings. The quantitative estimate of drug-likeness (QED) is 0.779. The monoisotopic (exact) mass is 310 g/mol. The summed E-state index contributed by atoms with van der Waals surface area (Å²) in [7, 11) is 0. The summed E-state index contributed by atoms with van der Waals surface area (Å²) in [4.78, 5) is 11.2. The Morgan fingerprint density at radius 2 is 1.90 bits per heavy atom. The van der Waals surface area contributed by atoms with Crippen molar-refractivity contribution in [2.24, 2.45) is 5.92 Å². The minimum Gasteiger partial charge on any atom is -0.375 e. The molecule has 1 aromatic rings. The van der Waals surface area contributed by atoms with E-state index < -0.39 is 0 Å². The van der Waals surface area contributed by atoms with E-state index in [1.54, 1.807) is 4.42 Å². The third-order valence-electron chi connectivity index (χ3n) is 4.37. The van der Waals surface area contributed by atoms with Gasteiger partial charge in [-0.15, -0.1) is 0 Å². The smallest absolute Gasteiger partial charge is 0.225 e. The van der Waals surface area contributed by atoms with Gasteiger partial charge in [0.25, 0.3) is 0 Å². The van der Waals surface area contributed by atoms with Crippen LogP contribution in [0.25, 0.3) is 0 Å². The van der Waals surface area contributed by atoms with Crippen LogP contribution in [0.1, 0.15) is 25.3 Å². The average Bonchev–Trinajstić information content (AvgIpc) is 2.51. The van der Waals surface area contributed by atoms with Gasteiger partial charge in [0.05, 0.1) is 12.7 Å². The van der Waals surface area contributed by atoms with Crippen molar-refractivity contribution in [2.75, 3.05) is 37.7 Å². The molecule has 0 amide bonds. The van der Waals surface area contributed by atoms with Crippen LogP contribution in [0.4, 0.5) is 5.95 Å². The Labute approximate surface area is 131 Å². The maximum atomic E-state index is 5.88. The van der Waals surface area contributed by atoms with Gasteiger partial charge in [-0.3, -0.25) is 0 Å². The van der Waals surface area contributed by atoms with E-state index in [-0.39, 0.29) is 0 Å². The second-order valence-electron chi connectivity index (χ2n) is 5.96. The molecule has 2 aliphatic rings. The summed E-state index contributed by atoms with van der Waals surface area (Å²) in [5, 5.41) is 0. The highest BCUT2D eigenvalue weighted by Gasteiger charge is 2.28. The fraction of sp³-hybridized carbons (Fsp3) is 0.733. The Bertz CT molecular complexity index is 441. The molecular weight excluding hydrogens is 288 g/mol. The summed E-state index contributed by atoms with van der Waals surface area (Å²) in [6.45, 7) is 6.74. The van der Waals surface area contributed by atoms with Gasteiger partial charge in [0, 0.05) is 38.6 Å². The number of anilines is 1. The summed E-state index contributed by atoms with van der Waals surface area (Å²) in [5.74, 6) is 1.52. The Kier molecular flexibility index (Phi) is 4.93. The molecule has 0 saturated carbocycles. The van der Waals surface area contributed by atoms with E-state index in [0.717, 1.165) is 58.0 Å². The number of piperidine rings is 1. The summed E-state index contributed by atoms with van der Waals surface area (Å²) in [5.41, 5.74) is 1.19. The Morgan fingerprint density at radius 1 is 1.24 bits per heavy atom. The molecule has 2 aliphatic heterocycles. The van der Waals surface area contributed by atoms with Crippen molar-refractivity contribution in [3.8, 4) is 0 Å². The molecule has 3 heterocycles. The van der Waals surface area contributed by atoms with E-state index in [1.807, 2.05) is 12.4 Å². The van der Waals surface area contributed by atoms with E-state index in [4.69, 9.17) is 16.5 Å². The van der Waals surface area contributed by atoms with Gasteiger partial charge in [-0.05, 0) is 42.5 Å². The van der Waals surface area contributed by atoms with Gasteiger partial charge in [0.15, 0.2) is 0 Å². The van der Waals surface area contributed by atoms with Gasteiger partial charge in [0.2, 0.25) is 5.95 Å². The van der Waals surface area contributed by atoms with E-state index >= 15 is 0 Å². The van der Waals surface area contributed by atoms with Crippen LogP contribution in [-0.4, -0.2) is 53.3 Å². The van der Waals surface area contributed by atoms with Crippen LogP contribution in [0.15, 0.2) is 12.4 Å². The molecule has 0 aliphatic carbocycles. The normalized spacial score (nSPS) is 21.5. The highest BCUT2D eigenvalue weighted by atomic mass is 35.5. The van der Waals surface area contributed by atoms with E-state index in [0.29, 0.717) is 12.0 Å². The summed E-state index contributed by atoms with van der Waals surface area (Å²) < 4.78 is 7.65. The maximum Gasteiger partial charge on any atom is 0.225 e. The van der Waals surface area contributed by atoms with Crippen molar-refractivity contribution in [1.82, 2.24) is 14.4 Å². The van der Waals surface area contributed by atoms with Crippen LogP contribution >= 0.6 is 11.8 Å². The van der Waals surface area contributed by atoms with Gasteiger partial charge in [-0.1, -0.05) is 6.92 Å². The lowest BCUT2D eigenvalue weighted by molar-refractivity contribution is -0.0371. The third kappa shape index (κ3) is 3.84. The first-order valence-corrected chi connectivity index (χ1v) is 8.16. The van der Waals surface area contributed by atoms with Crippen molar-refractivity contribution < 1.29 is 4.74 Å². The van der Waals surface area contributed by atoms with E-state index in [2.05, 4.69) is 21.8 Å². The fourth-order valence-corrected chi connectivity index (χ4v) is 3.07. The third-order valence-corrected chi connectivity index (χ3v) is 4.64. The van der Waals surface area contributed by atoms with Crippen LogP contribution in [0.5, 0.6) is 0 Å². The molecule has 6 heteroatoms. The molecule has 1 aromatic heterocycles. The zero-order chi connectivity index (χ0) is 14.7. The van der Waals surface area contributed by atoms with Crippen LogP contribution in [0, 0.1) is 5.92 Å². The largest absolute Gasteiger partial charge is 0.375 e. The van der Waals surface area contributed by atoms with Crippen LogP contribution in [-0.2, 0) is 11.2 Å². The lowest BCUT2D eigenvalue weighted by atomic mass is 9.98. The second kappa shape index (κ2) is 6.90. The summed E-state index contributed by atoms with van der Waals surface area (Å²) in [6.07, 6.45) is 7.50. The van der Waals surface area contributed by atoms with Crippen LogP contribution in [0.2, 0.25) is 0 Å².